The van der Waals surface area contributed by atoms with Crippen molar-refractivity contribution in [1.82, 2.24) is 4.98 Å². The Kier molecular flexibility index (Phi) is 3.48. The lowest BCUT2D eigenvalue weighted by molar-refractivity contribution is 0.228. The lowest BCUT2D eigenvalue weighted by Gasteiger charge is -1.95. The molecule has 0 bridgehead atoms. The summed E-state index contributed by atoms with van der Waals surface area (Å²) in [7, 11) is 0. The molecule has 13 heavy (non-hydrogen) atoms. The van der Waals surface area contributed by atoms with Gasteiger partial charge in [0, 0.05) is 5.69 Å². The molecule has 1 atom stereocenters. The van der Waals surface area contributed by atoms with Crippen molar-refractivity contribution in [2.75, 3.05) is 0 Å². The summed E-state index contributed by atoms with van der Waals surface area (Å²) >= 11 is 0. The maximum Gasteiger partial charge on any atom is 0.114 e. The van der Waals surface area contributed by atoms with Crippen LogP contribution in [-0.2, 0) is 0 Å². The zero-order valence-electron chi connectivity index (χ0n) is 7.91. The molecule has 2 nitrogen and oxygen atoms in total. The molecule has 1 aromatic heterocycles. The van der Waals surface area contributed by atoms with Crippen molar-refractivity contribution in [3.63, 3.8) is 0 Å². The first-order valence-electron chi connectivity index (χ1n) is 4.35. The number of nitrogens with zero attached hydrogens (tertiary/aromatic N) is 1. The molecule has 1 aromatic rings. The first-order valence-corrected chi connectivity index (χ1v) is 4.35. The molecule has 0 amide bonds. The van der Waals surface area contributed by atoms with E-state index in [9.17, 15) is 5.11 Å². The van der Waals surface area contributed by atoms with Crippen molar-refractivity contribution in [2.45, 2.75) is 26.4 Å². The molecule has 1 unspecified atom stereocenters. The Balaban J connectivity index is 2.77. The largest absolute Gasteiger partial charge is 0.380 e. The number of aliphatic hydroxyl groups excluding tert-OH is 1. The molecule has 0 aliphatic rings. The van der Waals surface area contributed by atoms with E-state index in [2.05, 4.69) is 16.8 Å². The first kappa shape index (κ1) is 9.76. The van der Waals surface area contributed by atoms with Crippen molar-refractivity contribution < 1.29 is 5.11 Å². The molecule has 1 rings (SSSR count). The van der Waals surface area contributed by atoms with E-state index in [0.717, 1.165) is 5.69 Å². The van der Waals surface area contributed by atoms with E-state index in [0.29, 0.717) is 12.1 Å². The molecular formula is C11H13NO. The standard InChI is InChI=1S/C11H13NO/c1-3-11(13)8-7-10-6-4-5-9(2)12-10/h4-6,11,13H,3H2,1-2H3. The van der Waals surface area contributed by atoms with Crippen LogP contribution in [0.1, 0.15) is 24.7 Å². The number of aromatic nitrogens is 1. The summed E-state index contributed by atoms with van der Waals surface area (Å²) in [4.78, 5) is 4.19. The normalized spacial score (nSPS) is 11.6. The van der Waals surface area contributed by atoms with E-state index in [-0.39, 0.29) is 0 Å². The summed E-state index contributed by atoms with van der Waals surface area (Å²) in [5.74, 6) is 5.54. The fraction of sp³-hybridized carbons (Fsp3) is 0.364. The van der Waals surface area contributed by atoms with Crippen LogP contribution in [0.5, 0.6) is 0 Å². The fourth-order valence-corrected chi connectivity index (χ4v) is 0.872. The highest BCUT2D eigenvalue weighted by Crippen LogP contribution is 1.96. The average Bonchev–Trinajstić information content (AvgIpc) is 2.14. The molecule has 0 aromatic carbocycles. The number of pyridine rings is 1. The summed E-state index contributed by atoms with van der Waals surface area (Å²) in [5.41, 5.74) is 1.66. The van der Waals surface area contributed by atoms with Crippen molar-refractivity contribution in [3.05, 3.63) is 29.6 Å². The highest BCUT2D eigenvalue weighted by molar-refractivity contribution is 5.29. The molecule has 0 spiro atoms. The van der Waals surface area contributed by atoms with Gasteiger partial charge in [-0.3, -0.25) is 0 Å². The van der Waals surface area contributed by atoms with Crippen LogP contribution in [0.25, 0.3) is 0 Å². The molecular weight excluding hydrogens is 162 g/mol. The predicted molar refractivity (Wildman–Crippen MR) is 52.1 cm³/mol. The third-order valence-electron chi connectivity index (χ3n) is 1.64. The molecule has 0 saturated heterocycles. The number of aliphatic hydroxyl groups is 1. The Morgan fingerprint density at radius 2 is 2.31 bits per heavy atom. The van der Waals surface area contributed by atoms with Gasteiger partial charge in [0.25, 0.3) is 0 Å². The van der Waals surface area contributed by atoms with Crippen LogP contribution in [0, 0.1) is 18.8 Å². The van der Waals surface area contributed by atoms with Crippen LogP contribution in [0.4, 0.5) is 0 Å². The average molecular weight is 175 g/mol. The van der Waals surface area contributed by atoms with Gasteiger partial charge in [0.1, 0.15) is 11.8 Å². The van der Waals surface area contributed by atoms with Crippen LogP contribution in [0.2, 0.25) is 0 Å². The summed E-state index contributed by atoms with van der Waals surface area (Å²) in [5, 5.41) is 9.19. The van der Waals surface area contributed by atoms with E-state index in [4.69, 9.17) is 0 Å². The SMILES string of the molecule is CCC(O)C#Cc1cccc(C)n1. The number of hydrogen-bond donors (Lipinski definition) is 1. The van der Waals surface area contributed by atoms with E-state index in [1.807, 2.05) is 32.0 Å². The number of aryl methyl sites for hydroxylation is 1. The van der Waals surface area contributed by atoms with Gasteiger partial charge < -0.3 is 5.11 Å². The van der Waals surface area contributed by atoms with Gasteiger partial charge in [-0.05, 0) is 31.4 Å². The Labute approximate surface area is 78.6 Å². The molecule has 2 heteroatoms. The van der Waals surface area contributed by atoms with Crippen LogP contribution >= 0.6 is 0 Å². The maximum atomic E-state index is 9.19. The molecule has 68 valence electrons. The number of rotatable bonds is 1. The molecule has 1 N–H and O–H groups in total. The van der Waals surface area contributed by atoms with Gasteiger partial charge >= 0.3 is 0 Å². The molecule has 0 saturated carbocycles. The van der Waals surface area contributed by atoms with Gasteiger partial charge in [-0.15, -0.1) is 0 Å². The zero-order valence-corrected chi connectivity index (χ0v) is 7.91. The van der Waals surface area contributed by atoms with Gasteiger partial charge in [-0.25, -0.2) is 4.98 Å². The quantitative estimate of drug-likeness (QED) is 0.656. The van der Waals surface area contributed by atoms with Crippen LogP contribution in [0.15, 0.2) is 18.2 Å². The summed E-state index contributed by atoms with van der Waals surface area (Å²) in [6.07, 6.45) is 0.112. The smallest absolute Gasteiger partial charge is 0.114 e. The van der Waals surface area contributed by atoms with Crippen molar-refractivity contribution >= 4 is 0 Å². The summed E-state index contributed by atoms with van der Waals surface area (Å²) in [6, 6.07) is 5.66. The minimum atomic E-state index is -0.540. The molecule has 0 radical (unpaired) electrons. The van der Waals surface area contributed by atoms with E-state index in [1.165, 1.54) is 0 Å². The Morgan fingerprint density at radius 1 is 1.54 bits per heavy atom. The van der Waals surface area contributed by atoms with Crippen molar-refractivity contribution in [3.8, 4) is 11.8 Å². The van der Waals surface area contributed by atoms with E-state index >= 15 is 0 Å². The monoisotopic (exact) mass is 175 g/mol. The molecule has 0 fully saturated rings. The third-order valence-corrected chi connectivity index (χ3v) is 1.64. The highest BCUT2D eigenvalue weighted by Gasteiger charge is 1.92. The minimum absolute atomic E-state index is 0.540. The predicted octanol–water partition coefficient (Wildman–Crippen LogP) is 1.51. The van der Waals surface area contributed by atoms with E-state index < -0.39 is 6.10 Å². The second-order valence-corrected chi connectivity index (χ2v) is 2.86. The summed E-state index contributed by atoms with van der Waals surface area (Å²) in [6.45, 7) is 3.81. The topological polar surface area (TPSA) is 33.1 Å². The Morgan fingerprint density at radius 3 is 2.92 bits per heavy atom. The second kappa shape index (κ2) is 4.64. The van der Waals surface area contributed by atoms with Gasteiger partial charge in [0.2, 0.25) is 0 Å². The molecule has 0 aliphatic carbocycles. The number of hydrogen-bond acceptors (Lipinski definition) is 2. The second-order valence-electron chi connectivity index (χ2n) is 2.86. The van der Waals surface area contributed by atoms with Crippen LogP contribution in [-0.4, -0.2) is 16.2 Å². The van der Waals surface area contributed by atoms with Crippen LogP contribution < -0.4 is 0 Å². The van der Waals surface area contributed by atoms with Crippen molar-refractivity contribution in [2.24, 2.45) is 0 Å². The fourth-order valence-electron chi connectivity index (χ4n) is 0.872. The zero-order chi connectivity index (χ0) is 9.68. The maximum absolute atomic E-state index is 9.19. The molecule has 1 heterocycles. The van der Waals surface area contributed by atoms with Gasteiger partial charge in [-0.1, -0.05) is 18.9 Å². The van der Waals surface area contributed by atoms with Gasteiger partial charge in [-0.2, -0.15) is 0 Å². The Hall–Kier alpha value is -1.33. The lowest BCUT2D eigenvalue weighted by atomic mass is 10.2. The van der Waals surface area contributed by atoms with E-state index in [1.54, 1.807) is 0 Å². The third kappa shape index (κ3) is 3.27. The molecule has 0 aliphatic heterocycles. The highest BCUT2D eigenvalue weighted by atomic mass is 16.3. The Bertz CT molecular complexity index is 335. The first-order chi connectivity index (χ1) is 6.22. The van der Waals surface area contributed by atoms with Crippen molar-refractivity contribution in [1.29, 1.82) is 0 Å². The van der Waals surface area contributed by atoms with Gasteiger partial charge in [0.05, 0.1) is 0 Å². The van der Waals surface area contributed by atoms with Gasteiger partial charge in [0.15, 0.2) is 0 Å². The minimum Gasteiger partial charge on any atom is -0.380 e. The van der Waals surface area contributed by atoms with Crippen LogP contribution in [0.3, 0.4) is 0 Å². The lowest BCUT2D eigenvalue weighted by Crippen LogP contribution is -1.99. The summed E-state index contributed by atoms with van der Waals surface area (Å²) < 4.78 is 0.